The van der Waals surface area contributed by atoms with Crippen LogP contribution < -0.4 is 11.1 Å². The van der Waals surface area contributed by atoms with Crippen LogP contribution in [0.15, 0.2) is 35.2 Å². The molecule has 0 radical (unpaired) electrons. The summed E-state index contributed by atoms with van der Waals surface area (Å²) in [4.78, 5) is 24.8. The van der Waals surface area contributed by atoms with Crippen LogP contribution in [0.1, 0.15) is 27.3 Å². The maximum absolute atomic E-state index is 12.4. The van der Waals surface area contributed by atoms with E-state index in [-0.39, 0.29) is 18.1 Å². The lowest BCUT2D eigenvalue weighted by atomic mass is 10.1. The van der Waals surface area contributed by atoms with Crippen LogP contribution >= 0.6 is 11.6 Å². The highest BCUT2D eigenvalue weighted by Gasteiger charge is 2.18. The second-order valence-electron chi connectivity index (χ2n) is 5.48. The molecule has 3 aromatic rings. The quantitative estimate of drug-likeness (QED) is 0.743. The van der Waals surface area contributed by atoms with E-state index in [0.29, 0.717) is 22.2 Å². The van der Waals surface area contributed by atoms with Gasteiger partial charge in [-0.1, -0.05) is 23.7 Å². The first-order valence-corrected chi connectivity index (χ1v) is 7.90. The summed E-state index contributed by atoms with van der Waals surface area (Å²) in [6.07, 6.45) is 2.80. The lowest BCUT2D eigenvalue weighted by Gasteiger charge is -2.11. The molecule has 0 saturated carbocycles. The Kier molecular flexibility index (Phi) is 4.67. The van der Waals surface area contributed by atoms with E-state index in [1.165, 1.54) is 12.6 Å². The Bertz CT molecular complexity index is 905. The fourth-order valence-corrected chi connectivity index (χ4v) is 2.70. The Labute approximate surface area is 149 Å². The van der Waals surface area contributed by atoms with Gasteiger partial charge in [-0.05, 0) is 31.0 Å². The number of halogens is 1. The molecule has 2 heterocycles. The fourth-order valence-electron chi connectivity index (χ4n) is 2.41. The van der Waals surface area contributed by atoms with Crippen molar-refractivity contribution >= 4 is 23.3 Å². The number of benzene rings is 1. The van der Waals surface area contributed by atoms with Crippen LogP contribution in [-0.2, 0) is 6.54 Å². The Hall–Kier alpha value is -2.93. The van der Waals surface area contributed by atoms with Crippen molar-refractivity contribution in [2.45, 2.75) is 20.4 Å². The molecule has 25 heavy (non-hydrogen) atoms. The van der Waals surface area contributed by atoms with Gasteiger partial charge in [0.2, 0.25) is 0 Å². The standard InChI is InChI=1S/C17H16ClN5O2/c1-9-4-3-5-12(18)11(9)6-21-17(24)15-16(19)23-14(10(2)22-15)13-7-20-8-25-13/h3-5,7-8H,6H2,1-2H3,(H2,19,23)(H,21,24). The van der Waals surface area contributed by atoms with Gasteiger partial charge in [-0.15, -0.1) is 0 Å². The van der Waals surface area contributed by atoms with Gasteiger partial charge in [0, 0.05) is 11.6 Å². The molecule has 7 nitrogen and oxygen atoms in total. The molecule has 0 bridgehead atoms. The molecule has 0 saturated heterocycles. The summed E-state index contributed by atoms with van der Waals surface area (Å²) >= 11 is 6.17. The number of aryl methyl sites for hydroxylation is 2. The van der Waals surface area contributed by atoms with Crippen LogP contribution in [0.3, 0.4) is 0 Å². The Morgan fingerprint density at radius 2 is 2.12 bits per heavy atom. The molecule has 1 amide bonds. The SMILES string of the molecule is Cc1cccc(Cl)c1CNC(=O)c1nc(C)c(-c2cnco2)nc1N. The Morgan fingerprint density at radius 1 is 1.32 bits per heavy atom. The molecule has 3 N–H and O–H groups in total. The van der Waals surface area contributed by atoms with Crippen LogP contribution in [0.25, 0.3) is 11.5 Å². The van der Waals surface area contributed by atoms with E-state index < -0.39 is 5.91 Å². The first kappa shape index (κ1) is 16.9. The van der Waals surface area contributed by atoms with Gasteiger partial charge in [0.25, 0.3) is 5.91 Å². The van der Waals surface area contributed by atoms with E-state index in [1.807, 2.05) is 19.1 Å². The number of aromatic nitrogens is 3. The predicted molar refractivity (Wildman–Crippen MR) is 94.0 cm³/mol. The van der Waals surface area contributed by atoms with Gasteiger partial charge in [-0.3, -0.25) is 4.79 Å². The molecular formula is C17H16ClN5O2. The number of carbonyl (C=O) groups excluding carboxylic acids is 1. The zero-order valence-electron chi connectivity index (χ0n) is 13.7. The van der Waals surface area contributed by atoms with Gasteiger partial charge in [-0.2, -0.15) is 0 Å². The fraction of sp³-hybridized carbons (Fsp3) is 0.176. The van der Waals surface area contributed by atoms with Crippen LogP contribution in [0, 0.1) is 13.8 Å². The van der Waals surface area contributed by atoms with Crippen molar-refractivity contribution in [3.05, 3.63) is 58.3 Å². The molecular weight excluding hydrogens is 342 g/mol. The minimum atomic E-state index is -0.420. The van der Waals surface area contributed by atoms with Gasteiger partial charge >= 0.3 is 0 Å². The summed E-state index contributed by atoms with van der Waals surface area (Å²) in [5.41, 5.74) is 8.77. The zero-order chi connectivity index (χ0) is 18.0. The number of amides is 1. The second kappa shape index (κ2) is 6.90. The van der Waals surface area contributed by atoms with Gasteiger partial charge < -0.3 is 15.5 Å². The van der Waals surface area contributed by atoms with E-state index in [4.69, 9.17) is 21.8 Å². The highest BCUT2D eigenvalue weighted by Crippen LogP contribution is 2.22. The van der Waals surface area contributed by atoms with Gasteiger partial charge in [0.15, 0.2) is 23.7 Å². The van der Waals surface area contributed by atoms with Crippen molar-refractivity contribution < 1.29 is 9.21 Å². The molecule has 2 aromatic heterocycles. The Morgan fingerprint density at radius 3 is 2.80 bits per heavy atom. The van der Waals surface area contributed by atoms with Crippen LogP contribution in [0.2, 0.25) is 5.02 Å². The summed E-state index contributed by atoms with van der Waals surface area (Å²) in [5.74, 6) is 0.0391. The number of nitrogens with one attached hydrogen (secondary N) is 1. The average molecular weight is 358 g/mol. The van der Waals surface area contributed by atoms with Crippen molar-refractivity contribution in [3.63, 3.8) is 0 Å². The molecule has 3 rings (SSSR count). The van der Waals surface area contributed by atoms with Gasteiger partial charge in [0.05, 0.1) is 11.9 Å². The molecule has 0 aliphatic rings. The molecule has 0 aliphatic heterocycles. The van der Waals surface area contributed by atoms with E-state index in [2.05, 4.69) is 20.3 Å². The smallest absolute Gasteiger partial charge is 0.273 e. The van der Waals surface area contributed by atoms with Crippen molar-refractivity contribution in [1.82, 2.24) is 20.3 Å². The van der Waals surface area contributed by atoms with E-state index in [1.54, 1.807) is 13.0 Å². The largest absolute Gasteiger partial charge is 0.442 e. The predicted octanol–water partition coefficient (Wildman–Crippen LogP) is 2.91. The molecule has 8 heteroatoms. The third-order valence-electron chi connectivity index (χ3n) is 3.76. The summed E-state index contributed by atoms with van der Waals surface area (Å²) in [7, 11) is 0. The summed E-state index contributed by atoms with van der Waals surface area (Å²) in [6, 6.07) is 5.57. The van der Waals surface area contributed by atoms with Crippen LogP contribution in [-0.4, -0.2) is 20.9 Å². The summed E-state index contributed by atoms with van der Waals surface area (Å²) < 4.78 is 5.20. The number of nitrogens with zero attached hydrogens (tertiary/aromatic N) is 3. The number of rotatable bonds is 4. The molecule has 0 unspecified atom stereocenters. The van der Waals surface area contributed by atoms with Crippen molar-refractivity contribution in [2.75, 3.05) is 5.73 Å². The Balaban J connectivity index is 1.82. The molecule has 128 valence electrons. The maximum Gasteiger partial charge on any atom is 0.273 e. The van der Waals surface area contributed by atoms with Crippen molar-refractivity contribution in [1.29, 1.82) is 0 Å². The number of oxazole rings is 1. The van der Waals surface area contributed by atoms with Crippen molar-refractivity contribution in [3.8, 4) is 11.5 Å². The van der Waals surface area contributed by atoms with E-state index >= 15 is 0 Å². The molecule has 0 atom stereocenters. The topological polar surface area (TPSA) is 107 Å². The lowest BCUT2D eigenvalue weighted by Crippen LogP contribution is -2.26. The minimum absolute atomic E-state index is 0.0189. The first-order chi connectivity index (χ1) is 12.0. The molecule has 1 aromatic carbocycles. The van der Waals surface area contributed by atoms with Gasteiger partial charge in [0.1, 0.15) is 5.69 Å². The van der Waals surface area contributed by atoms with E-state index in [9.17, 15) is 4.79 Å². The molecule has 0 spiro atoms. The summed E-state index contributed by atoms with van der Waals surface area (Å²) in [6.45, 7) is 3.92. The second-order valence-corrected chi connectivity index (χ2v) is 5.88. The highest BCUT2D eigenvalue weighted by molar-refractivity contribution is 6.31. The van der Waals surface area contributed by atoms with Gasteiger partial charge in [-0.25, -0.2) is 15.0 Å². The number of hydrogen-bond donors (Lipinski definition) is 2. The third-order valence-corrected chi connectivity index (χ3v) is 4.11. The molecule has 0 aliphatic carbocycles. The first-order valence-electron chi connectivity index (χ1n) is 7.52. The number of carbonyl (C=O) groups is 1. The number of nitrogen functional groups attached to an aromatic ring is 1. The zero-order valence-corrected chi connectivity index (χ0v) is 14.5. The summed E-state index contributed by atoms with van der Waals surface area (Å²) in [5, 5.41) is 3.37. The van der Waals surface area contributed by atoms with E-state index in [0.717, 1.165) is 11.1 Å². The van der Waals surface area contributed by atoms with Crippen LogP contribution in [0.5, 0.6) is 0 Å². The third kappa shape index (κ3) is 3.46. The normalized spacial score (nSPS) is 10.7. The minimum Gasteiger partial charge on any atom is -0.442 e. The monoisotopic (exact) mass is 357 g/mol. The average Bonchev–Trinajstić information content (AvgIpc) is 3.10. The molecule has 0 fully saturated rings. The lowest BCUT2D eigenvalue weighted by molar-refractivity contribution is 0.0946. The highest BCUT2D eigenvalue weighted by atomic mass is 35.5. The van der Waals surface area contributed by atoms with Crippen LogP contribution in [0.4, 0.5) is 5.82 Å². The number of hydrogen-bond acceptors (Lipinski definition) is 6. The number of nitrogens with two attached hydrogens (primary N) is 1. The maximum atomic E-state index is 12.4. The van der Waals surface area contributed by atoms with Crippen molar-refractivity contribution in [2.24, 2.45) is 0 Å². The number of anilines is 1.